The molecule has 0 saturated carbocycles. The van der Waals surface area contributed by atoms with Crippen molar-refractivity contribution in [3.8, 4) is 5.75 Å². The van der Waals surface area contributed by atoms with Gasteiger partial charge in [0.15, 0.2) is 0 Å². The van der Waals surface area contributed by atoms with Crippen molar-refractivity contribution < 1.29 is 13.3 Å². The molecule has 0 amide bonds. The Morgan fingerprint density at radius 2 is 1.95 bits per heavy atom. The van der Waals surface area contributed by atoms with Gasteiger partial charge < -0.3 is 10.5 Å². The lowest BCUT2D eigenvalue weighted by Crippen LogP contribution is -2.05. The highest BCUT2D eigenvalue weighted by atomic mass is 32.2. The summed E-state index contributed by atoms with van der Waals surface area (Å²) >= 11 is 0. The maximum atomic E-state index is 13.0. The Bertz CT molecular complexity index is 619. The number of ether oxygens (including phenoxy) is 1. The van der Waals surface area contributed by atoms with Gasteiger partial charge in [0.25, 0.3) is 0 Å². The number of hydrogen-bond acceptors (Lipinski definition) is 3. The molecule has 2 rings (SSSR count). The van der Waals surface area contributed by atoms with Gasteiger partial charge in [-0.2, -0.15) is 0 Å². The van der Waals surface area contributed by atoms with E-state index in [1.807, 2.05) is 24.3 Å². The van der Waals surface area contributed by atoms with E-state index in [9.17, 15) is 8.60 Å². The van der Waals surface area contributed by atoms with E-state index in [1.165, 1.54) is 12.1 Å². The molecular formula is C16H18FNO2S. The van der Waals surface area contributed by atoms with Crippen LogP contribution in [0.1, 0.15) is 12.0 Å². The van der Waals surface area contributed by atoms with Crippen molar-refractivity contribution in [1.82, 2.24) is 0 Å². The number of halogens is 1. The second-order valence-electron chi connectivity index (χ2n) is 4.56. The first kappa shape index (κ1) is 15.7. The largest absolute Gasteiger partial charge is 0.494 e. The summed E-state index contributed by atoms with van der Waals surface area (Å²) in [6.07, 6.45) is 0.635. The van der Waals surface area contributed by atoms with E-state index in [0.717, 1.165) is 11.3 Å². The molecule has 1 atom stereocenters. The van der Waals surface area contributed by atoms with Gasteiger partial charge in [-0.15, -0.1) is 0 Å². The number of rotatable bonds is 7. The average Bonchev–Trinajstić information content (AvgIpc) is 2.51. The third kappa shape index (κ3) is 4.95. The molecule has 1 unspecified atom stereocenters. The molecular weight excluding hydrogens is 289 g/mol. The number of benzene rings is 2. The van der Waals surface area contributed by atoms with Crippen molar-refractivity contribution >= 4 is 10.8 Å². The summed E-state index contributed by atoms with van der Waals surface area (Å²) in [6.45, 7) is 0.940. The maximum absolute atomic E-state index is 13.0. The third-order valence-electron chi connectivity index (χ3n) is 2.94. The van der Waals surface area contributed by atoms with Gasteiger partial charge in [0.1, 0.15) is 11.6 Å². The van der Waals surface area contributed by atoms with Crippen LogP contribution in [0, 0.1) is 5.82 Å². The lowest BCUT2D eigenvalue weighted by atomic mass is 10.2. The number of hydrogen-bond donors (Lipinski definition) is 1. The van der Waals surface area contributed by atoms with Gasteiger partial charge in [0.05, 0.1) is 17.4 Å². The van der Waals surface area contributed by atoms with Crippen molar-refractivity contribution in [3.63, 3.8) is 0 Å². The lowest BCUT2D eigenvalue weighted by Gasteiger charge is -2.07. The Hall–Kier alpha value is -1.72. The van der Waals surface area contributed by atoms with Crippen LogP contribution < -0.4 is 10.5 Å². The summed E-state index contributed by atoms with van der Waals surface area (Å²) < 4.78 is 30.6. The third-order valence-corrected chi connectivity index (χ3v) is 4.38. The molecule has 2 aromatic rings. The van der Waals surface area contributed by atoms with E-state index in [2.05, 4.69) is 0 Å². The molecule has 0 bridgehead atoms. The highest BCUT2D eigenvalue weighted by molar-refractivity contribution is 7.85. The lowest BCUT2D eigenvalue weighted by molar-refractivity contribution is 0.318. The zero-order valence-corrected chi connectivity index (χ0v) is 12.4. The minimum Gasteiger partial charge on any atom is -0.494 e. The van der Waals surface area contributed by atoms with Gasteiger partial charge in [0.2, 0.25) is 0 Å². The van der Waals surface area contributed by atoms with Crippen molar-refractivity contribution in [2.24, 2.45) is 5.73 Å². The number of nitrogens with two attached hydrogens (primary N) is 1. The highest BCUT2D eigenvalue weighted by Gasteiger charge is 2.05. The predicted octanol–water partition coefficient (Wildman–Crippen LogP) is 2.86. The average molecular weight is 307 g/mol. The van der Waals surface area contributed by atoms with E-state index in [1.54, 1.807) is 12.1 Å². The molecule has 2 aromatic carbocycles. The van der Waals surface area contributed by atoms with Crippen LogP contribution >= 0.6 is 0 Å². The maximum Gasteiger partial charge on any atom is 0.124 e. The van der Waals surface area contributed by atoms with Crippen LogP contribution in [0.2, 0.25) is 0 Å². The molecule has 0 aliphatic rings. The molecule has 112 valence electrons. The standard InChI is InChI=1S/C16H18FNO2S/c17-14-5-2-7-16(11-14)21(19)9-3-8-20-15-6-1-4-13(10-15)12-18/h1-2,4-7,10-11H,3,8-9,12,18H2. The van der Waals surface area contributed by atoms with E-state index < -0.39 is 10.8 Å². The van der Waals surface area contributed by atoms with Crippen LogP contribution in [0.4, 0.5) is 4.39 Å². The van der Waals surface area contributed by atoms with Crippen molar-refractivity contribution in [3.05, 3.63) is 59.9 Å². The Labute approximate surface area is 126 Å². The second kappa shape index (κ2) is 7.90. The van der Waals surface area contributed by atoms with E-state index in [-0.39, 0.29) is 5.82 Å². The van der Waals surface area contributed by atoms with Gasteiger partial charge in [-0.25, -0.2) is 4.39 Å². The van der Waals surface area contributed by atoms with Gasteiger partial charge in [-0.05, 0) is 42.3 Å². The summed E-state index contributed by atoms with van der Waals surface area (Å²) in [4.78, 5) is 0.514. The van der Waals surface area contributed by atoms with Crippen molar-refractivity contribution in [2.75, 3.05) is 12.4 Å². The molecule has 0 fully saturated rings. The molecule has 0 heterocycles. The normalized spacial score (nSPS) is 12.1. The Morgan fingerprint density at radius 1 is 1.14 bits per heavy atom. The predicted molar refractivity (Wildman–Crippen MR) is 82.1 cm³/mol. The fourth-order valence-corrected chi connectivity index (χ4v) is 2.96. The van der Waals surface area contributed by atoms with Crippen LogP contribution in [-0.4, -0.2) is 16.6 Å². The van der Waals surface area contributed by atoms with Crippen LogP contribution in [0.25, 0.3) is 0 Å². The van der Waals surface area contributed by atoms with Gasteiger partial charge in [-0.1, -0.05) is 18.2 Å². The molecule has 0 radical (unpaired) electrons. The summed E-state index contributed by atoms with van der Waals surface area (Å²) in [5, 5.41) is 0. The Kier molecular flexibility index (Phi) is 5.90. The summed E-state index contributed by atoms with van der Waals surface area (Å²) in [7, 11) is -1.20. The van der Waals surface area contributed by atoms with Gasteiger partial charge in [0, 0.05) is 17.2 Å². The first-order valence-electron chi connectivity index (χ1n) is 6.75. The molecule has 0 aliphatic heterocycles. The van der Waals surface area contributed by atoms with Crippen molar-refractivity contribution in [2.45, 2.75) is 17.9 Å². The fourth-order valence-electron chi connectivity index (χ4n) is 1.87. The van der Waals surface area contributed by atoms with Gasteiger partial charge in [-0.3, -0.25) is 4.21 Å². The Morgan fingerprint density at radius 3 is 2.71 bits per heavy atom. The smallest absolute Gasteiger partial charge is 0.124 e. The summed E-state index contributed by atoms with van der Waals surface area (Å²) in [5.41, 5.74) is 6.57. The molecule has 0 saturated heterocycles. The summed E-state index contributed by atoms with van der Waals surface area (Å²) in [6, 6.07) is 13.5. The fraction of sp³-hybridized carbons (Fsp3) is 0.250. The zero-order valence-electron chi connectivity index (χ0n) is 11.6. The van der Waals surface area contributed by atoms with E-state index in [4.69, 9.17) is 10.5 Å². The summed E-state index contributed by atoms with van der Waals surface area (Å²) in [5.74, 6) is 0.838. The molecule has 3 nitrogen and oxygen atoms in total. The quantitative estimate of drug-likeness (QED) is 0.800. The highest BCUT2D eigenvalue weighted by Crippen LogP contribution is 2.14. The molecule has 0 aliphatic carbocycles. The van der Waals surface area contributed by atoms with Gasteiger partial charge >= 0.3 is 0 Å². The van der Waals surface area contributed by atoms with Crippen LogP contribution in [0.15, 0.2) is 53.4 Å². The zero-order chi connectivity index (χ0) is 15.1. The molecule has 0 aromatic heterocycles. The minimum atomic E-state index is -1.20. The Balaban J connectivity index is 1.78. The van der Waals surface area contributed by atoms with E-state index >= 15 is 0 Å². The second-order valence-corrected chi connectivity index (χ2v) is 6.13. The van der Waals surface area contributed by atoms with Crippen LogP contribution in [0.5, 0.6) is 5.75 Å². The monoisotopic (exact) mass is 307 g/mol. The first-order chi connectivity index (χ1) is 10.2. The minimum absolute atomic E-state index is 0.365. The molecule has 0 spiro atoms. The van der Waals surface area contributed by atoms with E-state index in [0.29, 0.717) is 30.2 Å². The molecule has 2 N–H and O–H groups in total. The molecule has 21 heavy (non-hydrogen) atoms. The first-order valence-corrected chi connectivity index (χ1v) is 8.06. The van der Waals surface area contributed by atoms with Crippen molar-refractivity contribution in [1.29, 1.82) is 0 Å². The van der Waals surface area contributed by atoms with Crippen LogP contribution in [0.3, 0.4) is 0 Å². The van der Waals surface area contributed by atoms with Crippen LogP contribution in [-0.2, 0) is 17.3 Å². The molecule has 5 heteroatoms. The SMILES string of the molecule is NCc1cccc(OCCCS(=O)c2cccc(F)c2)c1. The topological polar surface area (TPSA) is 52.3 Å².